The zero-order valence-corrected chi connectivity index (χ0v) is 14.5. The number of rotatable bonds is 5. The molecule has 2 aromatic carbocycles. The number of carbonyl (C=O) groups is 2. The van der Waals surface area contributed by atoms with Crippen LogP contribution in [0.4, 0.5) is 5.69 Å². The number of halogens is 1. The lowest BCUT2D eigenvalue weighted by Gasteiger charge is -2.08. The Balaban J connectivity index is 1.66. The fourth-order valence-electron chi connectivity index (χ4n) is 2.31. The third-order valence-electron chi connectivity index (χ3n) is 3.65. The number of benzene rings is 2. The lowest BCUT2D eigenvalue weighted by Crippen LogP contribution is -2.23. The second-order valence-corrected chi connectivity index (χ2v) is 5.98. The van der Waals surface area contributed by atoms with E-state index in [0.29, 0.717) is 28.4 Å². The summed E-state index contributed by atoms with van der Waals surface area (Å²) in [6.07, 6.45) is 1.67. The van der Waals surface area contributed by atoms with Crippen molar-refractivity contribution in [1.29, 1.82) is 0 Å². The maximum atomic E-state index is 12.4. The van der Waals surface area contributed by atoms with Gasteiger partial charge in [0, 0.05) is 28.0 Å². The average Bonchev–Trinajstić information content (AvgIpc) is 2.69. The molecule has 0 fully saturated rings. The van der Waals surface area contributed by atoms with Crippen molar-refractivity contribution in [2.75, 3.05) is 5.32 Å². The van der Waals surface area contributed by atoms with Gasteiger partial charge in [0.15, 0.2) is 0 Å². The first-order valence-electron chi connectivity index (χ1n) is 7.97. The molecular formula is C20H16ClN3O2. The van der Waals surface area contributed by atoms with Crippen molar-refractivity contribution in [3.05, 3.63) is 94.8 Å². The van der Waals surface area contributed by atoms with Gasteiger partial charge in [-0.05, 0) is 54.6 Å². The molecule has 0 aliphatic rings. The monoisotopic (exact) mass is 365 g/mol. The highest BCUT2D eigenvalue weighted by molar-refractivity contribution is 6.30. The Kier molecular flexibility index (Phi) is 5.61. The Hall–Kier alpha value is -3.18. The molecule has 0 bridgehead atoms. The van der Waals surface area contributed by atoms with Gasteiger partial charge in [0.2, 0.25) is 0 Å². The van der Waals surface area contributed by atoms with Crippen LogP contribution in [-0.2, 0) is 6.54 Å². The number of nitrogens with one attached hydrogen (secondary N) is 2. The SMILES string of the molecule is O=C(NCc1ccccn1)c1cccc(C(=O)Nc2ccc(Cl)cc2)c1. The summed E-state index contributed by atoms with van der Waals surface area (Å²) in [5.41, 5.74) is 2.19. The zero-order chi connectivity index (χ0) is 18.4. The lowest BCUT2D eigenvalue weighted by atomic mass is 10.1. The minimum atomic E-state index is -0.299. The summed E-state index contributed by atoms with van der Waals surface area (Å²) in [5, 5.41) is 6.15. The number of anilines is 1. The number of amides is 2. The molecule has 0 aliphatic carbocycles. The first-order valence-corrected chi connectivity index (χ1v) is 8.35. The molecule has 1 heterocycles. The van der Waals surface area contributed by atoms with Crippen molar-refractivity contribution < 1.29 is 9.59 Å². The molecule has 0 unspecified atom stereocenters. The molecule has 0 aliphatic heterocycles. The fraction of sp³-hybridized carbons (Fsp3) is 0.0500. The highest BCUT2D eigenvalue weighted by Gasteiger charge is 2.11. The predicted octanol–water partition coefficient (Wildman–Crippen LogP) is 3.92. The molecule has 130 valence electrons. The van der Waals surface area contributed by atoms with Gasteiger partial charge in [0.1, 0.15) is 0 Å². The van der Waals surface area contributed by atoms with Crippen molar-refractivity contribution in [2.24, 2.45) is 0 Å². The van der Waals surface area contributed by atoms with E-state index >= 15 is 0 Å². The van der Waals surface area contributed by atoms with Crippen LogP contribution in [0.2, 0.25) is 5.02 Å². The average molecular weight is 366 g/mol. The molecule has 0 saturated heterocycles. The second-order valence-electron chi connectivity index (χ2n) is 5.55. The molecule has 0 radical (unpaired) electrons. The fourth-order valence-corrected chi connectivity index (χ4v) is 2.44. The third kappa shape index (κ3) is 4.68. The highest BCUT2D eigenvalue weighted by Crippen LogP contribution is 2.15. The van der Waals surface area contributed by atoms with Crippen LogP contribution in [-0.4, -0.2) is 16.8 Å². The molecule has 26 heavy (non-hydrogen) atoms. The number of pyridine rings is 1. The molecule has 3 aromatic rings. The van der Waals surface area contributed by atoms with Crippen LogP contribution < -0.4 is 10.6 Å². The lowest BCUT2D eigenvalue weighted by molar-refractivity contribution is 0.0950. The van der Waals surface area contributed by atoms with Crippen molar-refractivity contribution >= 4 is 29.1 Å². The molecule has 0 spiro atoms. The summed E-state index contributed by atoms with van der Waals surface area (Å²) >= 11 is 5.83. The molecule has 2 amide bonds. The van der Waals surface area contributed by atoms with E-state index in [2.05, 4.69) is 15.6 Å². The van der Waals surface area contributed by atoms with Crippen LogP contribution >= 0.6 is 11.6 Å². The van der Waals surface area contributed by atoms with Gasteiger partial charge in [-0.2, -0.15) is 0 Å². The summed E-state index contributed by atoms with van der Waals surface area (Å²) in [7, 11) is 0. The van der Waals surface area contributed by atoms with Crippen molar-refractivity contribution in [1.82, 2.24) is 10.3 Å². The van der Waals surface area contributed by atoms with E-state index in [4.69, 9.17) is 11.6 Å². The molecule has 1 aromatic heterocycles. The summed E-state index contributed by atoms with van der Waals surface area (Å²) in [4.78, 5) is 28.8. The number of aromatic nitrogens is 1. The standard InChI is InChI=1S/C20H16ClN3O2/c21-16-7-9-17(10-8-16)24-20(26)15-5-3-4-14(12-15)19(25)23-13-18-6-1-2-11-22-18/h1-12H,13H2,(H,23,25)(H,24,26). The molecule has 5 nitrogen and oxygen atoms in total. The van der Waals surface area contributed by atoms with E-state index in [0.717, 1.165) is 5.69 Å². The smallest absolute Gasteiger partial charge is 0.255 e. The number of hydrogen-bond donors (Lipinski definition) is 2. The first kappa shape index (κ1) is 17.6. The quantitative estimate of drug-likeness (QED) is 0.720. The Labute approximate surface area is 156 Å². The third-order valence-corrected chi connectivity index (χ3v) is 3.90. The summed E-state index contributed by atoms with van der Waals surface area (Å²) in [5.74, 6) is -0.566. The highest BCUT2D eigenvalue weighted by atomic mass is 35.5. The van der Waals surface area contributed by atoms with Gasteiger partial charge in [-0.3, -0.25) is 14.6 Å². The van der Waals surface area contributed by atoms with Gasteiger partial charge in [-0.15, -0.1) is 0 Å². The number of nitrogens with zero attached hydrogens (tertiary/aromatic N) is 1. The van der Waals surface area contributed by atoms with Gasteiger partial charge < -0.3 is 10.6 Å². The van der Waals surface area contributed by atoms with Crippen LogP contribution in [0.25, 0.3) is 0 Å². The molecule has 6 heteroatoms. The second kappa shape index (κ2) is 8.27. The van der Waals surface area contributed by atoms with Crippen molar-refractivity contribution in [3.8, 4) is 0 Å². The van der Waals surface area contributed by atoms with E-state index in [1.807, 2.05) is 18.2 Å². The molecule has 0 saturated carbocycles. The Morgan fingerprint density at radius 3 is 2.31 bits per heavy atom. The molecule has 3 rings (SSSR count). The van der Waals surface area contributed by atoms with Crippen molar-refractivity contribution in [2.45, 2.75) is 6.54 Å². The van der Waals surface area contributed by atoms with E-state index in [1.54, 1.807) is 54.7 Å². The summed E-state index contributed by atoms with van der Waals surface area (Å²) in [6.45, 7) is 0.320. The van der Waals surface area contributed by atoms with Crippen LogP contribution in [0.5, 0.6) is 0 Å². The minimum absolute atomic E-state index is 0.267. The van der Waals surface area contributed by atoms with Crippen molar-refractivity contribution in [3.63, 3.8) is 0 Å². The normalized spacial score (nSPS) is 10.2. The first-order chi connectivity index (χ1) is 12.6. The Morgan fingerprint density at radius 1 is 0.885 bits per heavy atom. The Morgan fingerprint density at radius 2 is 1.62 bits per heavy atom. The number of carbonyl (C=O) groups excluding carboxylic acids is 2. The van der Waals surface area contributed by atoms with E-state index in [9.17, 15) is 9.59 Å². The van der Waals surface area contributed by atoms with Crippen LogP contribution in [0.3, 0.4) is 0 Å². The molecular weight excluding hydrogens is 350 g/mol. The maximum Gasteiger partial charge on any atom is 0.255 e. The van der Waals surface area contributed by atoms with Gasteiger partial charge in [-0.1, -0.05) is 23.7 Å². The van der Waals surface area contributed by atoms with Gasteiger partial charge in [-0.25, -0.2) is 0 Å². The zero-order valence-electron chi connectivity index (χ0n) is 13.8. The van der Waals surface area contributed by atoms with E-state index in [-0.39, 0.29) is 11.8 Å². The van der Waals surface area contributed by atoms with Crippen LogP contribution in [0.1, 0.15) is 26.4 Å². The molecule has 2 N–H and O–H groups in total. The van der Waals surface area contributed by atoms with E-state index < -0.39 is 0 Å². The largest absolute Gasteiger partial charge is 0.346 e. The topological polar surface area (TPSA) is 71.1 Å². The van der Waals surface area contributed by atoms with Crippen LogP contribution in [0.15, 0.2) is 72.9 Å². The Bertz CT molecular complexity index is 912. The van der Waals surface area contributed by atoms with E-state index in [1.165, 1.54) is 0 Å². The summed E-state index contributed by atoms with van der Waals surface area (Å²) < 4.78 is 0. The predicted molar refractivity (Wildman–Crippen MR) is 101 cm³/mol. The van der Waals surface area contributed by atoms with Gasteiger partial charge >= 0.3 is 0 Å². The number of hydrogen-bond acceptors (Lipinski definition) is 3. The molecule has 0 atom stereocenters. The van der Waals surface area contributed by atoms with Gasteiger partial charge in [0.05, 0.1) is 12.2 Å². The van der Waals surface area contributed by atoms with Crippen LogP contribution in [0, 0.1) is 0 Å². The summed E-state index contributed by atoms with van der Waals surface area (Å²) in [6, 6.07) is 18.9. The van der Waals surface area contributed by atoms with Gasteiger partial charge in [0.25, 0.3) is 11.8 Å². The minimum Gasteiger partial charge on any atom is -0.346 e. The maximum absolute atomic E-state index is 12.4.